The average molecular weight is 418 g/mol. The third-order valence-electron chi connectivity index (χ3n) is 5.24. The summed E-state index contributed by atoms with van der Waals surface area (Å²) < 4.78 is 5.44. The second-order valence-electron chi connectivity index (χ2n) is 7.37. The lowest BCUT2D eigenvalue weighted by Gasteiger charge is -2.36. The second-order valence-corrected chi connectivity index (χ2v) is 7.37. The predicted octanol–water partition coefficient (Wildman–Crippen LogP) is 3.38. The summed E-state index contributed by atoms with van der Waals surface area (Å²) in [7, 11) is 0. The van der Waals surface area contributed by atoms with Gasteiger partial charge in [-0.2, -0.15) is 0 Å². The number of rotatable bonds is 7. The summed E-state index contributed by atoms with van der Waals surface area (Å²) in [4.78, 5) is 25.7. The molecule has 7 nitrogen and oxygen atoms in total. The number of hydrogen-bond acceptors (Lipinski definition) is 6. The summed E-state index contributed by atoms with van der Waals surface area (Å²) in [6.45, 7) is 6.15. The van der Waals surface area contributed by atoms with Crippen LogP contribution in [0.2, 0.25) is 0 Å². The molecule has 1 amide bonds. The van der Waals surface area contributed by atoms with Crippen LogP contribution in [0, 0.1) is 0 Å². The van der Waals surface area contributed by atoms with E-state index in [1.54, 1.807) is 0 Å². The number of para-hydroxylation sites is 1. The van der Waals surface area contributed by atoms with Crippen molar-refractivity contribution in [1.29, 1.82) is 0 Å². The van der Waals surface area contributed by atoms with Crippen molar-refractivity contribution in [1.82, 2.24) is 9.97 Å². The van der Waals surface area contributed by atoms with Crippen LogP contribution in [0.3, 0.4) is 0 Å². The minimum Gasteiger partial charge on any atom is -0.494 e. The zero-order chi connectivity index (χ0) is 21.5. The van der Waals surface area contributed by atoms with Gasteiger partial charge in [0.05, 0.1) is 13.0 Å². The number of nitrogens with zero attached hydrogens (tertiary/aromatic N) is 4. The Morgan fingerprint density at radius 1 is 0.968 bits per heavy atom. The maximum Gasteiger partial charge on any atom is 0.229 e. The van der Waals surface area contributed by atoms with E-state index in [4.69, 9.17) is 4.74 Å². The van der Waals surface area contributed by atoms with Gasteiger partial charge in [-0.05, 0) is 36.8 Å². The van der Waals surface area contributed by atoms with Crippen molar-refractivity contribution in [3.8, 4) is 5.75 Å². The quantitative estimate of drug-likeness (QED) is 0.636. The van der Waals surface area contributed by atoms with E-state index in [0.29, 0.717) is 12.4 Å². The maximum atomic E-state index is 12.5. The zero-order valence-electron chi connectivity index (χ0n) is 17.7. The van der Waals surface area contributed by atoms with Crippen molar-refractivity contribution in [2.75, 3.05) is 47.9 Å². The normalized spacial score (nSPS) is 13.7. The molecule has 1 saturated heterocycles. The smallest absolute Gasteiger partial charge is 0.229 e. The standard InChI is InChI=1S/C24H27N5O2/c1-2-31-21-10-8-19(9-11-21)16-24(30)27-22-17-23(26-18-25-22)29-14-12-28(13-15-29)20-6-4-3-5-7-20/h3-11,17-18H,2,12-16H2,1H3,(H,25,26,27,30). The van der Waals surface area contributed by atoms with Crippen LogP contribution >= 0.6 is 0 Å². The molecule has 0 aliphatic carbocycles. The first-order valence-corrected chi connectivity index (χ1v) is 10.6. The topological polar surface area (TPSA) is 70.6 Å². The Hall–Kier alpha value is -3.61. The van der Waals surface area contributed by atoms with Crippen molar-refractivity contribution in [3.05, 3.63) is 72.6 Å². The summed E-state index contributed by atoms with van der Waals surface area (Å²) in [5.74, 6) is 2.05. The van der Waals surface area contributed by atoms with Gasteiger partial charge < -0.3 is 19.9 Å². The Morgan fingerprint density at radius 2 is 1.68 bits per heavy atom. The van der Waals surface area contributed by atoms with E-state index in [0.717, 1.165) is 43.3 Å². The van der Waals surface area contributed by atoms with Gasteiger partial charge in [0, 0.05) is 37.9 Å². The zero-order valence-corrected chi connectivity index (χ0v) is 17.7. The van der Waals surface area contributed by atoms with E-state index < -0.39 is 0 Å². The van der Waals surface area contributed by atoms with E-state index in [-0.39, 0.29) is 12.3 Å². The van der Waals surface area contributed by atoms with Gasteiger partial charge in [0.2, 0.25) is 5.91 Å². The molecule has 2 heterocycles. The molecule has 0 atom stereocenters. The number of anilines is 3. The first-order valence-electron chi connectivity index (χ1n) is 10.6. The maximum absolute atomic E-state index is 12.5. The van der Waals surface area contributed by atoms with Crippen LogP contribution in [0.5, 0.6) is 5.75 Å². The van der Waals surface area contributed by atoms with E-state index in [1.165, 1.54) is 12.0 Å². The number of nitrogens with one attached hydrogen (secondary N) is 1. The third kappa shape index (κ3) is 5.51. The predicted molar refractivity (Wildman–Crippen MR) is 123 cm³/mol. The van der Waals surface area contributed by atoms with E-state index in [2.05, 4.69) is 49.4 Å². The Labute approximate surface area is 182 Å². The van der Waals surface area contributed by atoms with Crippen molar-refractivity contribution in [3.63, 3.8) is 0 Å². The van der Waals surface area contributed by atoms with Gasteiger partial charge in [-0.3, -0.25) is 4.79 Å². The molecular formula is C24H27N5O2. The van der Waals surface area contributed by atoms with Crippen LogP contribution in [0.1, 0.15) is 12.5 Å². The van der Waals surface area contributed by atoms with Crippen LogP contribution in [-0.4, -0.2) is 48.7 Å². The van der Waals surface area contributed by atoms with Crippen LogP contribution < -0.4 is 19.9 Å². The van der Waals surface area contributed by atoms with Crippen LogP contribution in [0.4, 0.5) is 17.3 Å². The molecule has 0 saturated carbocycles. The first-order chi connectivity index (χ1) is 15.2. The molecule has 4 rings (SSSR count). The number of benzene rings is 2. The molecule has 31 heavy (non-hydrogen) atoms. The van der Waals surface area contributed by atoms with E-state index >= 15 is 0 Å². The van der Waals surface area contributed by atoms with Crippen LogP contribution in [0.15, 0.2) is 67.0 Å². The molecule has 0 spiro atoms. The fourth-order valence-electron chi connectivity index (χ4n) is 3.66. The van der Waals surface area contributed by atoms with Gasteiger partial charge in [-0.1, -0.05) is 30.3 Å². The van der Waals surface area contributed by atoms with Crippen molar-refractivity contribution < 1.29 is 9.53 Å². The lowest BCUT2D eigenvalue weighted by Crippen LogP contribution is -2.46. The molecule has 0 radical (unpaired) electrons. The highest BCUT2D eigenvalue weighted by Crippen LogP contribution is 2.20. The summed E-state index contributed by atoms with van der Waals surface area (Å²) >= 11 is 0. The Morgan fingerprint density at radius 3 is 2.39 bits per heavy atom. The number of carbonyl (C=O) groups is 1. The molecular weight excluding hydrogens is 390 g/mol. The minimum atomic E-state index is -0.109. The number of piperazine rings is 1. The molecule has 3 aromatic rings. The second kappa shape index (κ2) is 9.93. The highest BCUT2D eigenvalue weighted by molar-refractivity contribution is 5.91. The molecule has 2 aromatic carbocycles. The lowest BCUT2D eigenvalue weighted by atomic mass is 10.1. The summed E-state index contributed by atoms with van der Waals surface area (Å²) in [5.41, 5.74) is 2.17. The summed E-state index contributed by atoms with van der Waals surface area (Å²) in [5, 5.41) is 2.89. The van der Waals surface area contributed by atoms with Gasteiger partial charge in [0.15, 0.2) is 0 Å². The number of aromatic nitrogens is 2. The van der Waals surface area contributed by atoms with Gasteiger partial charge in [-0.25, -0.2) is 9.97 Å². The number of amides is 1. The van der Waals surface area contributed by atoms with Gasteiger partial charge in [0.1, 0.15) is 23.7 Å². The fraction of sp³-hybridized carbons (Fsp3) is 0.292. The molecule has 7 heteroatoms. The molecule has 1 aromatic heterocycles. The Balaban J connectivity index is 1.32. The van der Waals surface area contributed by atoms with Crippen LogP contribution in [-0.2, 0) is 11.2 Å². The number of hydrogen-bond donors (Lipinski definition) is 1. The van der Waals surface area contributed by atoms with Gasteiger partial charge in [-0.15, -0.1) is 0 Å². The van der Waals surface area contributed by atoms with Crippen molar-refractivity contribution in [2.24, 2.45) is 0 Å². The van der Waals surface area contributed by atoms with E-state index in [9.17, 15) is 4.79 Å². The molecule has 160 valence electrons. The van der Waals surface area contributed by atoms with E-state index in [1.807, 2.05) is 43.3 Å². The molecule has 1 fully saturated rings. The minimum absolute atomic E-state index is 0.109. The molecule has 1 aliphatic rings. The first kappa shape index (κ1) is 20.7. The average Bonchev–Trinajstić information content (AvgIpc) is 2.81. The molecule has 0 unspecified atom stereocenters. The lowest BCUT2D eigenvalue weighted by molar-refractivity contribution is -0.115. The molecule has 0 bridgehead atoms. The SMILES string of the molecule is CCOc1ccc(CC(=O)Nc2cc(N3CCN(c4ccccc4)CC3)ncn2)cc1. The van der Waals surface area contributed by atoms with Gasteiger partial charge >= 0.3 is 0 Å². The molecule has 1 N–H and O–H groups in total. The number of carbonyl (C=O) groups excluding carboxylic acids is 1. The largest absolute Gasteiger partial charge is 0.494 e. The van der Waals surface area contributed by atoms with Crippen molar-refractivity contribution >= 4 is 23.2 Å². The number of ether oxygens (including phenoxy) is 1. The summed E-state index contributed by atoms with van der Waals surface area (Å²) in [6, 6.07) is 19.8. The Kier molecular flexibility index (Phi) is 6.62. The van der Waals surface area contributed by atoms with Gasteiger partial charge in [0.25, 0.3) is 0 Å². The van der Waals surface area contributed by atoms with Crippen molar-refractivity contribution in [2.45, 2.75) is 13.3 Å². The summed E-state index contributed by atoms with van der Waals surface area (Å²) in [6.07, 6.45) is 1.78. The fourth-order valence-corrected chi connectivity index (χ4v) is 3.66. The highest BCUT2D eigenvalue weighted by atomic mass is 16.5. The third-order valence-corrected chi connectivity index (χ3v) is 5.24. The Bertz CT molecular complexity index is 986. The molecule has 1 aliphatic heterocycles. The van der Waals surface area contributed by atoms with Crippen LogP contribution in [0.25, 0.3) is 0 Å². The monoisotopic (exact) mass is 417 g/mol. The highest BCUT2D eigenvalue weighted by Gasteiger charge is 2.19.